The Morgan fingerprint density at radius 2 is 1.65 bits per heavy atom. The molecule has 1 aromatic carbocycles. The van der Waals surface area contributed by atoms with E-state index < -0.39 is 41.6 Å². The highest BCUT2D eigenvalue weighted by atomic mass is 16.7. The van der Waals surface area contributed by atoms with Gasteiger partial charge in [0.25, 0.3) is 0 Å². The van der Waals surface area contributed by atoms with Crippen LogP contribution in [-0.2, 0) is 30.4 Å². The van der Waals surface area contributed by atoms with Gasteiger partial charge in [-0.05, 0) is 58.9 Å². The summed E-state index contributed by atoms with van der Waals surface area (Å²) in [5.74, 6) is -1.83. The lowest BCUT2D eigenvalue weighted by Crippen LogP contribution is -2.54. The van der Waals surface area contributed by atoms with Gasteiger partial charge in [0.05, 0.1) is 5.71 Å². The highest BCUT2D eigenvalue weighted by Gasteiger charge is 2.26. The summed E-state index contributed by atoms with van der Waals surface area (Å²) >= 11 is 0. The summed E-state index contributed by atoms with van der Waals surface area (Å²) in [6.07, 6.45) is 3.10. The van der Waals surface area contributed by atoms with Crippen molar-refractivity contribution in [2.75, 3.05) is 6.54 Å². The third-order valence-corrected chi connectivity index (χ3v) is 4.91. The SMILES string of the molecule is C[C@@H](NC(=O)OC(C)(C)C)C(=O)N[C@H](Cc1ccccc1)C(=O)NCC(=O)ON=C1CCCC1. The minimum absolute atomic E-state index is 0.189. The summed E-state index contributed by atoms with van der Waals surface area (Å²) in [4.78, 5) is 54.2. The average Bonchev–Trinajstić information content (AvgIpc) is 3.28. The first-order valence-electron chi connectivity index (χ1n) is 11.4. The van der Waals surface area contributed by atoms with Crippen LogP contribution in [0.25, 0.3) is 0 Å². The number of carbonyl (C=O) groups is 4. The molecule has 0 bridgehead atoms. The van der Waals surface area contributed by atoms with E-state index in [1.165, 1.54) is 6.92 Å². The number of ether oxygens (including phenoxy) is 1. The van der Waals surface area contributed by atoms with Crippen molar-refractivity contribution in [3.8, 4) is 0 Å². The molecule has 3 N–H and O–H groups in total. The van der Waals surface area contributed by atoms with E-state index in [2.05, 4.69) is 21.1 Å². The van der Waals surface area contributed by atoms with Crippen molar-refractivity contribution >= 4 is 29.6 Å². The zero-order valence-corrected chi connectivity index (χ0v) is 20.2. The number of hydrogen-bond acceptors (Lipinski definition) is 7. The van der Waals surface area contributed by atoms with Crippen LogP contribution in [0.3, 0.4) is 0 Å². The van der Waals surface area contributed by atoms with E-state index in [1.54, 1.807) is 20.8 Å². The number of hydrogen-bond donors (Lipinski definition) is 3. The fraction of sp³-hybridized carbons (Fsp3) is 0.542. The van der Waals surface area contributed by atoms with Gasteiger partial charge in [-0.3, -0.25) is 9.59 Å². The summed E-state index contributed by atoms with van der Waals surface area (Å²) < 4.78 is 5.16. The second-order valence-corrected chi connectivity index (χ2v) is 9.16. The maximum Gasteiger partial charge on any atom is 0.408 e. The molecule has 3 amide bonds. The van der Waals surface area contributed by atoms with Gasteiger partial charge in [0.15, 0.2) is 0 Å². The van der Waals surface area contributed by atoms with Gasteiger partial charge in [-0.25, -0.2) is 9.59 Å². The third kappa shape index (κ3) is 10.0. The van der Waals surface area contributed by atoms with E-state index >= 15 is 0 Å². The van der Waals surface area contributed by atoms with Crippen LogP contribution >= 0.6 is 0 Å². The summed E-state index contributed by atoms with van der Waals surface area (Å²) in [7, 11) is 0. The normalized spacial score (nSPS) is 15.0. The Morgan fingerprint density at radius 3 is 2.26 bits per heavy atom. The predicted octanol–water partition coefficient (Wildman–Crippen LogP) is 2.22. The average molecular weight is 475 g/mol. The molecule has 10 heteroatoms. The first-order valence-corrected chi connectivity index (χ1v) is 11.4. The molecule has 2 atom stereocenters. The Morgan fingerprint density at radius 1 is 1.00 bits per heavy atom. The number of alkyl carbamates (subject to hydrolysis) is 1. The van der Waals surface area contributed by atoms with Gasteiger partial charge in [-0.1, -0.05) is 35.5 Å². The number of nitrogens with zero attached hydrogens (tertiary/aromatic N) is 1. The van der Waals surface area contributed by atoms with Gasteiger partial charge in [0, 0.05) is 6.42 Å². The molecule has 0 unspecified atom stereocenters. The van der Waals surface area contributed by atoms with Gasteiger partial charge in [0.2, 0.25) is 11.8 Å². The summed E-state index contributed by atoms with van der Waals surface area (Å²) in [6.45, 7) is 6.23. The zero-order valence-electron chi connectivity index (χ0n) is 20.2. The van der Waals surface area contributed by atoms with E-state index in [1.807, 2.05) is 30.3 Å². The second kappa shape index (κ2) is 12.7. The molecule has 0 radical (unpaired) electrons. The lowest BCUT2D eigenvalue weighted by Gasteiger charge is -2.23. The lowest BCUT2D eigenvalue weighted by atomic mass is 10.0. The molecule has 186 valence electrons. The molecule has 1 saturated carbocycles. The first kappa shape index (κ1) is 26.8. The van der Waals surface area contributed by atoms with Gasteiger partial charge in [-0.15, -0.1) is 0 Å². The first-order chi connectivity index (χ1) is 16.0. The van der Waals surface area contributed by atoms with Crippen molar-refractivity contribution in [3.63, 3.8) is 0 Å². The third-order valence-electron chi connectivity index (χ3n) is 4.91. The largest absolute Gasteiger partial charge is 0.444 e. The molecule has 0 spiro atoms. The van der Waals surface area contributed by atoms with Crippen LogP contribution in [0.5, 0.6) is 0 Å². The Hall–Kier alpha value is -3.43. The van der Waals surface area contributed by atoms with Crippen LogP contribution in [0, 0.1) is 0 Å². The Bertz CT molecular complexity index is 886. The number of carbonyl (C=O) groups excluding carboxylic acids is 4. The molecule has 1 aromatic rings. The molecule has 10 nitrogen and oxygen atoms in total. The minimum atomic E-state index is -0.980. The Labute approximate surface area is 199 Å². The zero-order chi connectivity index (χ0) is 25.1. The summed E-state index contributed by atoms with van der Waals surface area (Å²) in [6, 6.07) is 7.18. The molecule has 0 saturated heterocycles. The standard InChI is InChI=1S/C24H34N4O6/c1-16(26-23(32)33-24(2,3)4)21(30)27-19(14-17-10-6-5-7-11-17)22(31)25-15-20(29)34-28-18-12-8-9-13-18/h5-7,10-11,16,19H,8-9,12-15H2,1-4H3,(H,25,31)(H,26,32)(H,27,30)/t16-,19-/m1/s1. The van der Waals surface area contributed by atoms with Crippen LogP contribution in [0.4, 0.5) is 4.79 Å². The van der Waals surface area contributed by atoms with Crippen molar-refractivity contribution in [2.45, 2.75) is 77.5 Å². The number of nitrogens with one attached hydrogen (secondary N) is 3. The predicted molar refractivity (Wildman–Crippen MR) is 126 cm³/mol. The highest BCUT2D eigenvalue weighted by Crippen LogP contribution is 2.14. The van der Waals surface area contributed by atoms with Gasteiger partial charge < -0.3 is 25.5 Å². The second-order valence-electron chi connectivity index (χ2n) is 9.16. The molecular weight excluding hydrogens is 440 g/mol. The van der Waals surface area contributed by atoms with E-state index in [9.17, 15) is 19.2 Å². The maximum absolute atomic E-state index is 12.8. The number of amides is 3. The van der Waals surface area contributed by atoms with Crippen LogP contribution in [0.1, 0.15) is 58.9 Å². The molecule has 1 aliphatic rings. The number of rotatable bonds is 9. The molecule has 1 fully saturated rings. The van der Waals surface area contributed by atoms with E-state index in [0.717, 1.165) is 37.0 Å². The molecule has 34 heavy (non-hydrogen) atoms. The summed E-state index contributed by atoms with van der Waals surface area (Å²) in [5, 5.41) is 11.4. The molecule has 0 heterocycles. The Balaban J connectivity index is 1.95. The van der Waals surface area contributed by atoms with E-state index in [4.69, 9.17) is 9.57 Å². The lowest BCUT2D eigenvalue weighted by molar-refractivity contribution is -0.144. The quantitative estimate of drug-likeness (QED) is 0.371. The van der Waals surface area contributed by atoms with Gasteiger partial charge in [0.1, 0.15) is 24.2 Å². The van der Waals surface area contributed by atoms with Crippen molar-refractivity contribution in [2.24, 2.45) is 5.16 Å². The monoisotopic (exact) mass is 474 g/mol. The molecule has 0 aromatic heterocycles. The van der Waals surface area contributed by atoms with E-state index in [-0.39, 0.29) is 13.0 Å². The highest BCUT2D eigenvalue weighted by molar-refractivity contribution is 5.92. The van der Waals surface area contributed by atoms with Crippen molar-refractivity contribution in [1.29, 1.82) is 0 Å². The number of benzene rings is 1. The molecule has 2 rings (SSSR count). The topological polar surface area (TPSA) is 135 Å². The van der Waals surface area contributed by atoms with Crippen molar-refractivity contribution in [3.05, 3.63) is 35.9 Å². The van der Waals surface area contributed by atoms with Gasteiger partial charge >= 0.3 is 12.1 Å². The van der Waals surface area contributed by atoms with Crippen LogP contribution in [0.2, 0.25) is 0 Å². The fourth-order valence-corrected chi connectivity index (χ4v) is 3.21. The fourth-order valence-electron chi connectivity index (χ4n) is 3.21. The van der Waals surface area contributed by atoms with Crippen molar-refractivity contribution < 1.29 is 28.8 Å². The number of oxime groups is 1. The van der Waals surface area contributed by atoms with Crippen molar-refractivity contribution in [1.82, 2.24) is 16.0 Å². The Kier molecular flexibility index (Phi) is 10.0. The van der Waals surface area contributed by atoms with Crippen LogP contribution in [0.15, 0.2) is 35.5 Å². The maximum atomic E-state index is 12.8. The van der Waals surface area contributed by atoms with Crippen LogP contribution < -0.4 is 16.0 Å². The minimum Gasteiger partial charge on any atom is -0.444 e. The molecule has 0 aliphatic heterocycles. The summed E-state index contributed by atoms with van der Waals surface area (Å²) in [5.41, 5.74) is 0.930. The molecule has 1 aliphatic carbocycles. The van der Waals surface area contributed by atoms with Crippen LogP contribution in [-0.4, -0.2) is 53.8 Å². The van der Waals surface area contributed by atoms with Gasteiger partial charge in [-0.2, -0.15) is 0 Å². The van der Waals surface area contributed by atoms with E-state index in [0.29, 0.717) is 0 Å². The smallest absolute Gasteiger partial charge is 0.408 e. The molecular formula is C24H34N4O6.